The molecule has 3 aromatic rings. The number of benzene rings is 3. The molecule has 0 aliphatic heterocycles. The SMILES string of the molecule is COc1ccc(N(CC(=O)N(Cc2ccc(Cl)cc2)C(Cc2ccccc2)C(=O)NC(C)C)S(C)(=O)=O)c(OC)c1. The van der Waals surface area contributed by atoms with Crippen LogP contribution in [0.2, 0.25) is 5.02 Å². The van der Waals surface area contributed by atoms with Gasteiger partial charge in [-0.3, -0.25) is 13.9 Å². The molecule has 0 fully saturated rings. The van der Waals surface area contributed by atoms with E-state index in [1.54, 1.807) is 30.3 Å². The molecule has 0 aliphatic rings. The molecule has 2 amide bonds. The third-order valence-electron chi connectivity index (χ3n) is 6.30. The van der Waals surface area contributed by atoms with Crippen LogP contribution in [-0.2, 0) is 32.6 Å². The molecule has 0 aromatic heterocycles. The van der Waals surface area contributed by atoms with E-state index in [4.69, 9.17) is 21.1 Å². The number of sulfonamides is 1. The molecule has 0 saturated carbocycles. The van der Waals surface area contributed by atoms with Gasteiger partial charge in [0.25, 0.3) is 0 Å². The first-order valence-electron chi connectivity index (χ1n) is 13.0. The minimum atomic E-state index is -3.95. The van der Waals surface area contributed by atoms with Crippen molar-refractivity contribution in [1.29, 1.82) is 0 Å². The maximum absolute atomic E-state index is 14.1. The van der Waals surface area contributed by atoms with Crippen LogP contribution >= 0.6 is 11.6 Å². The second-order valence-electron chi connectivity index (χ2n) is 9.82. The molecule has 1 N–H and O–H groups in total. The van der Waals surface area contributed by atoms with Crippen molar-refractivity contribution in [3.63, 3.8) is 0 Å². The topological polar surface area (TPSA) is 105 Å². The van der Waals surface area contributed by atoms with E-state index in [9.17, 15) is 18.0 Å². The quantitative estimate of drug-likeness (QED) is 0.313. The molecular formula is C30H36ClN3O6S. The molecule has 3 aromatic carbocycles. The number of nitrogens with one attached hydrogen (secondary N) is 1. The standard InChI is InChI=1S/C30H36ClN3O6S/c1-21(2)32-30(36)27(17-22-9-7-6-8-10-22)33(19-23-11-13-24(31)14-12-23)29(35)20-34(41(5,37)38)26-16-15-25(39-3)18-28(26)40-4/h6-16,18,21,27H,17,19-20H2,1-5H3,(H,32,36). The number of carbonyl (C=O) groups is 2. The maximum atomic E-state index is 14.1. The van der Waals surface area contributed by atoms with Crippen molar-refractivity contribution < 1.29 is 27.5 Å². The smallest absolute Gasteiger partial charge is 0.244 e. The van der Waals surface area contributed by atoms with Crippen LogP contribution in [0.3, 0.4) is 0 Å². The van der Waals surface area contributed by atoms with Crippen LogP contribution in [0.15, 0.2) is 72.8 Å². The minimum Gasteiger partial charge on any atom is -0.497 e. The van der Waals surface area contributed by atoms with E-state index in [0.717, 1.165) is 21.7 Å². The number of anilines is 1. The molecule has 1 atom stereocenters. The van der Waals surface area contributed by atoms with Crippen molar-refractivity contribution in [3.8, 4) is 11.5 Å². The maximum Gasteiger partial charge on any atom is 0.244 e. The van der Waals surface area contributed by atoms with Crippen LogP contribution < -0.4 is 19.1 Å². The highest BCUT2D eigenvalue weighted by Gasteiger charge is 2.34. The summed E-state index contributed by atoms with van der Waals surface area (Å²) in [5.41, 5.74) is 1.75. The first-order chi connectivity index (χ1) is 19.4. The summed E-state index contributed by atoms with van der Waals surface area (Å²) < 4.78 is 37.7. The highest BCUT2D eigenvalue weighted by molar-refractivity contribution is 7.92. The molecule has 11 heteroatoms. The normalized spacial score (nSPS) is 12.0. The van der Waals surface area contributed by atoms with Gasteiger partial charge in [0.2, 0.25) is 21.8 Å². The van der Waals surface area contributed by atoms with Gasteiger partial charge in [-0.25, -0.2) is 8.42 Å². The van der Waals surface area contributed by atoms with Gasteiger partial charge < -0.3 is 19.7 Å². The molecule has 0 saturated heterocycles. The van der Waals surface area contributed by atoms with E-state index < -0.39 is 28.5 Å². The largest absolute Gasteiger partial charge is 0.497 e. The van der Waals surface area contributed by atoms with Gasteiger partial charge in [-0.2, -0.15) is 0 Å². The summed E-state index contributed by atoms with van der Waals surface area (Å²) in [6, 6.07) is 19.8. The summed E-state index contributed by atoms with van der Waals surface area (Å²) in [5, 5.41) is 3.45. The van der Waals surface area contributed by atoms with E-state index in [2.05, 4.69) is 5.32 Å². The van der Waals surface area contributed by atoms with Crippen molar-refractivity contribution in [1.82, 2.24) is 10.2 Å². The molecule has 220 valence electrons. The Morgan fingerprint density at radius 1 is 0.927 bits per heavy atom. The molecule has 0 radical (unpaired) electrons. The highest BCUT2D eigenvalue weighted by atomic mass is 35.5. The number of nitrogens with zero attached hydrogens (tertiary/aromatic N) is 2. The number of halogens is 1. The van der Waals surface area contributed by atoms with Crippen molar-refractivity contribution in [2.75, 3.05) is 31.3 Å². The van der Waals surface area contributed by atoms with E-state index in [0.29, 0.717) is 10.8 Å². The second kappa shape index (κ2) is 14.2. The fraction of sp³-hybridized carbons (Fsp3) is 0.333. The van der Waals surface area contributed by atoms with Gasteiger partial charge in [0.05, 0.1) is 26.2 Å². The average Bonchev–Trinajstić information content (AvgIpc) is 2.93. The molecular weight excluding hydrogens is 566 g/mol. The Bertz CT molecular complexity index is 1430. The average molecular weight is 602 g/mol. The molecule has 41 heavy (non-hydrogen) atoms. The predicted octanol–water partition coefficient (Wildman–Crippen LogP) is 4.29. The Morgan fingerprint density at radius 3 is 2.15 bits per heavy atom. The zero-order valence-corrected chi connectivity index (χ0v) is 25.4. The zero-order chi connectivity index (χ0) is 30.2. The number of ether oxygens (including phenoxy) is 2. The zero-order valence-electron chi connectivity index (χ0n) is 23.8. The van der Waals surface area contributed by atoms with Gasteiger partial charge in [-0.05, 0) is 49.2 Å². The third-order valence-corrected chi connectivity index (χ3v) is 7.68. The van der Waals surface area contributed by atoms with E-state index in [1.807, 2.05) is 44.2 Å². The summed E-state index contributed by atoms with van der Waals surface area (Å²) >= 11 is 6.09. The second-order valence-corrected chi connectivity index (χ2v) is 12.2. The van der Waals surface area contributed by atoms with Crippen LogP contribution in [0.5, 0.6) is 11.5 Å². The van der Waals surface area contributed by atoms with Crippen molar-refractivity contribution in [2.24, 2.45) is 0 Å². The van der Waals surface area contributed by atoms with Gasteiger partial charge in [-0.15, -0.1) is 0 Å². The molecule has 0 spiro atoms. The minimum absolute atomic E-state index is 0.0520. The lowest BCUT2D eigenvalue weighted by atomic mass is 10.0. The first-order valence-corrected chi connectivity index (χ1v) is 15.2. The molecule has 0 aliphatic carbocycles. The Labute approximate surface area is 247 Å². The molecule has 9 nitrogen and oxygen atoms in total. The lowest BCUT2D eigenvalue weighted by Gasteiger charge is -2.34. The monoisotopic (exact) mass is 601 g/mol. The van der Waals surface area contributed by atoms with Gasteiger partial charge in [0, 0.05) is 30.1 Å². The Balaban J connectivity index is 2.08. The number of hydrogen-bond donors (Lipinski definition) is 1. The number of amides is 2. The Kier molecular flexibility index (Phi) is 11.0. The van der Waals surface area contributed by atoms with E-state index in [-0.39, 0.29) is 36.4 Å². The number of carbonyl (C=O) groups excluding carboxylic acids is 2. The molecule has 0 bridgehead atoms. The number of rotatable bonds is 13. The molecule has 0 heterocycles. The summed E-state index contributed by atoms with van der Waals surface area (Å²) in [5.74, 6) is -0.240. The van der Waals surface area contributed by atoms with Crippen LogP contribution in [0.4, 0.5) is 5.69 Å². The summed E-state index contributed by atoms with van der Waals surface area (Å²) in [7, 11) is -1.07. The third kappa shape index (κ3) is 8.86. The Hall–Kier alpha value is -3.76. The van der Waals surface area contributed by atoms with Crippen LogP contribution in [0.25, 0.3) is 0 Å². The lowest BCUT2D eigenvalue weighted by molar-refractivity contribution is -0.140. The molecule has 3 rings (SSSR count). The summed E-state index contributed by atoms with van der Waals surface area (Å²) in [6.07, 6.45) is 1.24. The van der Waals surface area contributed by atoms with Gasteiger partial charge >= 0.3 is 0 Å². The fourth-order valence-electron chi connectivity index (χ4n) is 4.31. The number of methoxy groups -OCH3 is 2. The summed E-state index contributed by atoms with van der Waals surface area (Å²) in [4.78, 5) is 29.1. The van der Waals surface area contributed by atoms with Gasteiger partial charge in [0.15, 0.2) is 0 Å². The lowest BCUT2D eigenvalue weighted by Crippen LogP contribution is -2.54. The van der Waals surface area contributed by atoms with Crippen molar-refractivity contribution in [2.45, 2.75) is 38.9 Å². The van der Waals surface area contributed by atoms with Crippen LogP contribution in [0, 0.1) is 0 Å². The van der Waals surface area contributed by atoms with Gasteiger partial charge in [-0.1, -0.05) is 54.1 Å². The Morgan fingerprint density at radius 2 is 1.59 bits per heavy atom. The van der Waals surface area contributed by atoms with Crippen molar-refractivity contribution >= 4 is 39.1 Å². The first kappa shape index (κ1) is 31.8. The fourth-order valence-corrected chi connectivity index (χ4v) is 5.29. The highest BCUT2D eigenvalue weighted by Crippen LogP contribution is 2.34. The van der Waals surface area contributed by atoms with E-state index >= 15 is 0 Å². The number of hydrogen-bond acceptors (Lipinski definition) is 6. The summed E-state index contributed by atoms with van der Waals surface area (Å²) in [6.45, 7) is 3.17. The van der Waals surface area contributed by atoms with Crippen LogP contribution in [0.1, 0.15) is 25.0 Å². The molecule has 1 unspecified atom stereocenters. The van der Waals surface area contributed by atoms with Crippen LogP contribution in [-0.4, -0.2) is 64.2 Å². The van der Waals surface area contributed by atoms with E-state index in [1.165, 1.54) is 31.3 Å². The predicted molar refractivity (Wildman–Crippen MR) is 161 cm³/mol. The van der Waals surface area contributed by atoms with Crippen molar-refractivity contribution in [3.05, 3.63) is 88.9 Å². The van der Waals surface area contributed by atoms with Gasteiger partial charge in [0.1, 0.15) is 24.1 Å².